The van der Waals surface area contributed by atoms with Crippen molar-refractivity contribution in [3.63, 3.8) is 0 Å². The average molecular weight is 422 g/mol. The maximum atomic E-state index is 12.1. The number of phenolic OH excluding ortho intramolecular Hbond substituents is 2. The van der Waals surface area contributed by atoms with E-state index in [1.165, 1.54) is 0 Å². The molecular weight excluding hydrogens is 414 g/mol. The minimum atomic E-state index is -0.935. The number of hydrogen-bond donors (Lipinski definition) is 2. The second kappa shape index (κ2) is 11.8. The topological polar surface area (TPSA) is 40.5 Å². The maximum absolute atomic E-state index is 12.1. The molecule has 0 aromatic heterocycles. The fourth-order valence-electron chi connectivity index (χ4n) is 0.963. The summed E-state index contributed by atoms with van der Waals surface area (Å²) in [5.74, 6) is -4.31. The molecular formula is C12H8Cl2F4O2Zr. The van der Waals surface area contributed by atoms with Gasteiger partial charge in [-0.15, -0.1) is 0 Å². The molecule has 2 aromatic carbocycles. The maximum Gasteiger partial charge on any atom is 2.00 e. The molecule has 0 aliphatic carbocycles. The largest absolute Gasteiger partial charge is 2.00 e. The van der Waals surface area contributed by atoms with Gasteiger partial charge in [0.25, 0.3) is 0 Å². The summed E-state index contributed by atoms with van der Waals surface area (Å²) >= 11 is 0. The molecule has 0 saturated carbocycles. The molecule has 0 radical (unpaired) electrons. The van der Waals surface area contributed by atoms with Crippen molar-refractivity contribution in [2.75, 3.05) is 0 Å². The summed E-state index contributed by atoms with van der Waals surface area (Å²) in [5.41, 5.74) is 0. The molecule has 0 spiro atoms. The van der Waals surface area contributed by atoms with Gasteiger partial charge in [0, 0.05) is 12.1 Å². The Morgan fingerprint density at radius 2 is 0.905 bits per heavy atom. The van der Waals surface area contributed by atoms with Crippen LogP contribution in [0.2, 0.25) is 0 Å². The van der Waals surface area contributed by atoms with Gasteiger partial charge < -0.3 is 35.0 Å². The summed E-state index contributed by atoms with van der Waals surface area (Å²) in [4.78, 5) is 0. The first-order valence-electron chi connectivity index (χ1n) is 4.68. The fraction of sp³-hybridized carbons (Fsp3) is 0. The van der Waals surface area contributed by atoms with E-state index in [4.69, 9.17) is 10.2 Å². The van der Waals surface area contributed by atoms with Crippen LogP contribution < -0.4 is 24.8 Å². The Morgan fingerprint density at radius 3 is 1.10 bits per heavy atom. The van der Waals surface area contributed by atoms with Crippen molar-refractivity contribution >= 4 is 0 Å². The standard InChI is InChI=1S/2C6H4F2O.2ClH.Zr/c2*7-4-1-2-6(9)5(8)3-4;;;/h2*1-3,9H;2*1H;/q;;;;+2/p-2. The summed E-state index contributed by atoms with van der Waals surface area (Å²) in [6.07, 6.45) is 0. The van der Waals surface area contributed by atoms with E-state index in [1.54, 1.807) is 0 Å². The zero-order valence-electron chi connectivity index (χ0n) is 10.1. The van der Waals surface area contributed by atoms with Crippen molar-refractivity contribution in [1.82, 2.24) is 0 Å². The molecule has 0 atom stereocenters. The molecule has 0 heterocycles. The van der Waals surface area contributed by atoms with Gasteiger partial charge in [0.15, 0.2) is 23.1 Å². The average Bonchev–Trinajstić information content (AvgIpc) is 2.30. The van der Waals surface area contributed by atoms with E-state index in [0.29, 0.717) is 12.1 Å². The summed E-state index contributed by atoms with van der Waals surface area (Å²) in [6.45, 7) is 0. The Hall–Kier alpha value is -0.777. The van der Waals surface area contributed by atoms with E-state index in [0.717, 1.165) is 24.3 Å². The first-order valence-corrected chi connectivity index (χ1v) is 4.68. The molecule has 0 saturated heterocycles. The van der Waals surface area contributed by atoms with Crippen LogP contribution in [0.15, 0.2) is 36.4 Å². The van der Waals surface area contributed by atoms with Crippen LogP contribution in [-0.2, 0) is 26.2 Å². The van der Waals surface area contributed by atoms with Crippen molar-refractivity contribution in [2.45, 2.75) is 0 Å². The molecule has 2 rings (SSSR count). The number of phenols is 2. The third-order valence-electron chi connectivity index (χ3n) is 1.82. The van der Waals surface area contributed by atoms with Crippen LogP contribution in [-0.4, -0.2) is 10.2 Å². The van der Waals surface area contributed by atoms with Gasteiger partial charge in [0.1, 0.15) is 11.6 Å². The van der Waals surface area contributed by atoms with Crippen LogP contribution >= 0.6 is 0 Å². The van der Waals surface area contributed by atoms with Crippen LogP contribution in [0.1, 0.15) is 0 Å². The summed E-state index contributed by atoms with van der Waals surface area (Å²) in [5, 5.41) is 17.0. The first-order chi connectivity index (χ1) is 8.40. The summed E-state index contributed by atoms with van der Waals surface area (Å²) in [6, 6.07) is 5.14. The van der Waals surface area contributed by atoms with Crippen LogP contribution in [0.3, 0.4) is 0 Å². The van der Waals surface area contributed by atoms with E-state index < -0.39 is 34.8 Å². The van der Waals surface area contributed by atoms with Gasteiger partial charge in [0.05, 0.1) is 0 Å². The molecule has 0 aliphatic heterocycles. The van der Waals surface area contributed by atoms with Crippen LogP contribution in [0.5, 0.6) is 11.5 Å². The Balaban J connectivity index is -0.000000270. The van der Waals surface area contributed by atoms with Gasteiger partial charge in [0.2, 0.25) is 0 Å². The minimum Gasteiger partial charge on any atom is -1.00 e. The van der Waals surface area contributed by atoms with Gasteiger partial charge in [-0.2, -0.15) is 0 Å². The van der Waals surface area contributed by atoms with Gasteiger partial charge in [-0.25, -0.2) is 17.6 Å². The molecule has 9 heteroatoms. The van der Waals surface area contributed by atoms with Gasteiger partial charge in [-0.05, 0) is 24.3 Å². The second-order valence-electron chi connectivity index (χ2n) is 3.19. The number of aromatic hydroxyl groups is 2. The number of halogens is 6. The molecule has 114 valence electrons. The molecule has 0 bridgehead atoms. The molecule has 2 nitrogen and oxygen atoms in total. The molecule has 2 aromatic rings. The molecule has 0 fully saturated rings. The monoisotopic (exact) mass is 420 g/mol. The van der Waals surface area contributed by atoms with Crippen molar-refractivity contribution < 1.29 is 78.8 Å². The van der Waals surface area contributed by atoms with Crippen LogP contribution in [0, 0.1) is 23.3 Å². The third kappa shape index (κ3) is 8.96. The fourth-order valence-corrected chi connectivity index (χ4v) is 0.963. The van der Waals surface area contributed by atoms with Gasteiger partial charge in [-0.1, -0.05) is 0 Å². The number of rotatable bonds is 0. The number of hydrogen-bond acceptors (Lipinski definition) is 2. The molecule has 21 heavy (non-hydrogen) atoms. The molecule has 2 N–H and O–H groups in total. The summed E-state index contributed by atoms with van der Waals surface area (Å²) in [7, 11) is 0. The first kappa shape index (κ1) is 25.2. The van der Waals surface area contributed by atoms with Crippen molar-refractivity contribution in [1.29, 1.82) is 0 Å². The molecule has 0 aliphatic rings. The second-order valence-corrected chi connectivity index (χ2v) is 3.19. The zero-order chi connectivity index (χ0) is 13.7. The summed E-state index contributed by atoms with van der Waals surface area (Å²) < 4.78 is 48.2. The Bertz CT molecular complexity index is 509. The predicted octanol–water partition coefficient (Wildman–Crippen LogP) is -2.65. The minimum absolute atomic E-state index is 0. The SMILES string of the molecule is Oc1ccc(F)cc1F.Oc1ccc(F)cc1F.[Cl-].[Cl-].[Zr+2]. The smallest absolute Gasteiger partial charge is 1.00 e. The predicted molar refractivity (Wildman–Crippen MR) is 56.0 cm³/mol. The van der Waals surface area contributed by atoms with Gasteiger partial charge in [-0.3, -0.25) is 0 Å². The normalized spacial score (nSPS) is 8.19. The third-order valence-corrected chi connectivity index (χ3v) is 1.82. The Labute approximate surface area is 149 Å². The number of benzene rings is 2. The van der Waals surface area contributed by atoms with Crippen molar-refractivity contribution in [3.8, 4) is 11.5 Å². The van der Waals surface area contributed by atoms with E-state index in [9.17, 15) is 17.6 Å². The van der Waals surface area contributed by atoms with E-state index in [1.807, 2.05) is 0 Å². The van der Waals surface area contributed by atoms with E-state index in [2.05, 4.69) is 0 Å². The molecule has 0 amide bonds. The van der Waals surface area contributed by atoms with E-state index >= 15 is 0 Å². The van der Waals surface area contributed by atoms with Crippen LogP contribution in [0.25, 0.3) is 0 Å². The Morgan fingerprint density at radius 1 is 0.619 bits per heavy atom. The van der Waals surface area contributed by atoms with Crippen molar-refractivity contribution in [2.24, 2.45) is 0 Å². The van der Waals surface area contributed by atoms with E-state index in [-0.39, 0.29) is 51.0 Å². The van der Waals surface area contributed by atoms with Gasteiger partial charge >= 0.3 is 26.2 Å². The van der Waals surface area contributed by atoms with Crippen molar-refractivity contribution in [3.05, 3.63) is 59.7 Å². The van der Waals surface area contributed by atoms with Crippen LogP contribution in [0.4, 0.5) is 17.6 Å². The molecule has 0 unspecified atom stereocenters. The Kier molecular flexibility index (Phi) is 14.2. The quantitative estimate of drug-likeness (QED) is 0.456. The zero-order valence-corrected chi connectivity index (χ0v) is 14.1.